The van der Waals surface area contributed by atoms with Gasteiger partial charge in [-0.25, -0.2) is 0 Å². The SMILES string of the molecule is c1ccc(-c2cccc3cccc(-c4ccc(N(c5ccc(C67CCC(CC6)C7)cc5)c5ccc6c(c5)oc5ccccc56)cc4)c23)cc1. The second-order valence-electron chi connectivity index (χ2n) is 14.2. The molecule has 236 valence electrons. The standard InChI is InChI=1S/C47H37NO/c1-2-8-33(9-3-1)40-13-6-10-35-11-7-14-41(46(35)40)34-16-20-37(21-17-34)48(38-22-18-36(19-23-38)47-28-26-32(31-47)27-29-47)39-24-25-43-42-12-4-5-15-44(42)49-45(43)30-39/h1-25,30,32H,26-29,31H2. The van der Waals surface area contributed by atoms with Crippen LogP contribution in [0.1, 0.15) is 37.7 Å². The van der Waals surface area contributed by atoms with Gasteiger partial charge in [-0.15, -0.1) is 0 Å². The molecule has 2 aliphatic rings. The van der Waals surface area contributed by atoms with Gasteiger partial charge in [0.25, 0.3) is 0 Å². The zero-order valence-electron chi connectivity index (χ0n) is 27.5. The number of benzene rings is 7. The van der Waals surface area contributed by atoms with E-state index < -0.39 is 0 Å². The first-order valence-corrected chi connectivity index (χ1v) is 17.7. The summed E-state index contributed by atoms with van der Waals surface area (Å²) < 4.78 is 6.37. The number of furan rings is 1. The molecule has 0 aliphatic heterocycles. The van der Waals surface area contributed by atoms with Gasteiger partial charge in [-0.3, -0.25) is 0 Å². The first kappa shape index (κ1) is 28.4. The van der Waals surface area contributed by atoms with E-state index in [1.807, 2.05) is 6.07 Å². The van der Waals surface area contributed by atoms with Crippen LogP contribution in [0.4, 0.5) is 17.1 Å². The number of para-hydroxylation sites is 1. The van der Waals surface area contributed by atoms with Crippen LogP contribution in [0.25, 0.3) is 55.0 Å². The molecule has 2 saturated carbocycles. The van der Waals surface area contributed by atoms with Crippen LogP contribution in [0, 0.1) is 5.92 Å². The second-order valence-corrected chi connectivity index (χ2v) is 14.2. The lowest BCUT2D eigenvalue weighted by Crippen LogP contribution is -2.19. The molecule has 0 radical (unpaired) electrons. The fraction of sp³-hybridized carbons (Fsp3) is 0.149. The fourth-order valence-electron chi connectivity index (χ4n) is 9.09. The molecule has 2 aliphatic carbocycles. The Balaban J connectivity index is 1.09. The van der Waals surface area contributed by atoms with Gasteiger partial charge in [0.05, 0.1) is 0 Å². The summed E-state index contributed by atoms with van der Waals surface area (Å²) >= 11 is 0. The zero-order chi connectivity index (χ0) is 32.4. The van der Waals surface area contributed by atoms with Crippen molar-refractivity contribution in [1.29, 1.82) is 0 Å². The molecule has 2 fully saturated rings. The van der Waals surface area contributed by atoms with Gasteiger partial charge in [-0.05, 0) is 124 Å². The molecule has 0 atom stereocenters. The summed E-state index contributed by atoms with van der Waals surface area (Å²) in [6.45, 7) is 0. The highest BCUT2D eigenvalue weighted by molar-refractivity contribution is 6.07. The van der Waals surface area contributed by atoms with Crippen molar-refractivity contribution in [2.45, 2.75) is 37.5 Å². The van der Waals surface area contributed by atoms with E-state index in [0.29, 0.717) is 5.41 Å². The first-order valence-electron chi connectivity index (χ1n) is 17.7. The maximum atomic E-state index is 6.37. The summed E-state index contributed by atoms with van der Waals surface area (Å²) in [7, 11) is 0. The first-order chi connectivity index (χ1) is 24.2. The number of fused-ring (bicyclic) bond motifs is 6. The average Bonchev–Trinajstić information content (AvgIpc) is 3.89. The summed E-state index contributed by atoms with van der Waals surface area (Å²) in [5, 5.41) is 4.83. The molecular formula is C47H37NO. The molecule has 0 saturated heterocycles. The van der Waals surface area contributed by atoms with E-state index in [1.54, 1.807) is 0 Å². The number of hydrogen-bond donors (Lipinski definition) is 0. The van der Waals surface area contributed by atoms with E-state index in [0.717, 1.165) is 44.9 Å². The van der Waals surface area contributed by atoms with Crippen LogP contribution in [-0.4, -0.2) is 0 Å². The van der Waals surface area contributed by atoms with Gasteiger partial charge in [0.2, 0.25) is 0 Å². The van der Waals surface area contributed by atoms with Crippen LogP contribution in [0.2, 0.25) is 0 Å². The molecule has 0 amide bonds. The van der Waals surface area contributed by atoms with Gasteiger partial charge in [0.15, 0.2) is 0 Å². The topological polar surface area (TPSA) is 16.4 Å². The van der Waals surface area contributed by atoms with E-state index in [2.05, 4.69) is 157 Å². The van der Waals surface area contributed by atoms with E-state index >= 15 is 0 Å². The maximum absolute atomic E-state index is 6.37. The molecule has 1 heterocycles. The molecule has 10 rings (SSSR count). The van der Waals surface area contributed by atoms with Crippen LogP contribution in [0.5, 0.6) is 0 Å². The highest BCUT2D eigenvalue weighted by Gasteiger charge is 2.45. The minimum atomic E-state index is 0.389. The fourth-order valence-corrected chi connectivity index (χ4v) is 9.09. The van der Waals surface area contributed by atoms with Crippen molar-refractivity contribution in [2.24, 2.45) is 5.92 Å². The summed E-state index contributed by atoms with van der Waals surface area (Å²) in [6.07, 6.45) is 6.82. The number of rotatable bonds is 6. The molecule has 8 aromatic rings. The highest BCUT2D eigenvalue weighted by atomic mass is 16.3. The molecule has 2 bridgehead atoms. The highest BCUT2D eigenvalue weighted by Crippen LogP contribution is 2.55. The van der Waals surface area contributed by atoms with Crippen LogP contribution in [0.15, 0.2) is 162 Å². The van der Waals surface area contributed by atoms with E-state index in [4.69, 9.17) is 4.42 Å². The van der Waals surface area contributed by atoms with E-state index in [-0.39, 0.29) is 0 Å². The molecule has 0 unspecified atom stereocenters. The van der Waals surface area contributed by atoms with Crippen LogP contribution in [0.3, 0.4) is 0 Å². The molecule has 0 spiro atoms. The molecule has 49 heavy (non-hydrogen) atoms. The Bertz CT molecular complexity index is 2460. The van der Waals surface area contributed by atoms with Gasteiger partial charge in [0.1, 0.15) is 11.2 Å². The zero-order valence-corrected chi connectivity index (χ0v) is 27.5. The van der Waals surface area contributed by atoms with E-state index in [1.165, 1.54) is 70.7 Å². The third-order valence-electron chi connectivity index (χ3n) is 11.5. The Kier molecular flexibility index (Phi) is 6.52. The lowest BCUT2D eigenvalue weighted by atomic mass is 9.78. The van der Waals surface area contributed by atoms with Crippen molar-refractivity contribution >= 4 is 49.8 Å². The van der Waals surface area contributed by atoms with Crippen molar-refractivity contribution in [2.75, 3.05) is 4.90 Å². The lowest BCUT2D eigenvalue weighted by molar-refractivity contribution is 0.419. The maximum Gasteiger partial charge on any atom is 0.137 e. The van der Waals surface area contributed by atoms with Crippen molar-refractivity contribution in [1.82, 2.24) is 0 Å². The van der Waals surface area contributed by atoms with Gasteiger partial charge in [-0.1, -0.05) is 109 Å². The Morgan fingerprint density at radius 2 is 1.12 bits per heavy atom. The Hall–Kier alpha value is -5.60. The van der Waals surface area contributed by atoms with Crippen molar-refractivity contribution in [3.63, 3.8) is 0 Å². The minimum Gasteiger partial charge on any atom is -0.456 e. The third-order valence-corrected chi connectivity index (χ3v) is 11.5. The normalized spacial score (nSPS) is 18.5. The third kappa shape index (κ3) is 4.70. The van der Waals surface area contributed by atoms with E-state index in [9.17, 15) is 0 Å². The molecule has 1 aromatic heterocycles. The van der Waals surface area contributed by atoms with Crippen LogP contribution >= 0.6 is 0 Å². The largest absolute Gasteiger partial charge is 0.456 e. The predicted octanol–water partition coefficient (Wildman–Crippen LogP) is 13.4. The molecular weight excluding hydrogens is 595 g/mol. The lowest BCUT2D eigenvalue weighted by Gasteiger charge is -2.29. The summed E-state index contributed by atoms with van der Waals surface area (Å²) in [5.74, 6) is 0.927. The molecule has 2 heteroatoms. The molecule has 2 nitrogen and oxygen atoms in total. The van der Waals surface area contributed by atoms with Crippen molar-refractivity contribution < 1.29 is 4.42 Å². The Labute approximate surface area is 287 Å². The smallest absolute Gasteiger partial charge is 0.137 e. The summed E-state index contributed by atoms with van der Waals surface area (Å²) in [5.41, 5.74) is 12.0. The van der Waals surface area contributed by atoms with Gasteiger partial charge >= 0.3 is 0 Å². The predicted molar refractivity (Wildman–Crippen MR) is 205 cm³/mol. The monoisotopic (exact) mass is 631 g/mol. The number of nitrogens with zero attached hydrogens (tertiary/aromatic N) is 1. The number of hydrogen-bond acceptors (Lipinski definition) is 2. The van der Waals surface area contributed by atoms with Gasteiger partial charge < -0.3 is 9.32 Å². The van der Waals surface area contributed by atoms with Crippen molar-refractivity contribution in [3.8, 4) is 22.3 Å². The van der Waals surface area contributed by atoms with Gasteiger partial charge in [-0.2, -0.15) is 0 Å². The van der Waals surface area contributed by atoms with Crippen LogP contribution in [-0.2, 0) is 5.41 Å². The average molecular weight is 632 g/mol. The summed E-state index contributed by atoms with van der Waals surface area (Å²) in [6, 6.07) is 57.5. The van der Waals surface area contributed by atoms with Gasteiger partial charge in [0, 0.05) is 33.9 Å². The minimum absolute atomic E-state index is 0.389. The Morgan fingerprint density at radius 1 is 0.510 bits per heavy atom. The summed E-state index contributed by atoms with van der Waals surface area (Å²) in [4.78, 5) is 2.38. The van der Waals surface area contributed by atoms with Crippen LogP contribution < -0.4 is 4.90 Å². The molecule has 7 aromatic carbocycles. The Morgan fingerprint density at radius 3 is 1.82 bits per heavy atom. The second kappa shape index (κ2) is 11.2. The molecule has 0 N–H and O–H groups in total. The quantitative estimate of drug-likeness (QED) is 0.182. The number of anilines is 3. The van der Waals surface area contributed by atoms with Crippen molar-refractivity contribution in [3.05, 3.63) is 163 Å².